The number of benzene rings is 2. The first kappa shape index (κ1) is 24.5. The molecule has 2 heterocycles. The number of halogens is 4. The molecular formula is C24H18F4N6O2. The van der Waals surface area contributed by atoms with Gasteiger partial charge in [-0.1, -0.05) is 6.07 Å². The molecule has 0 bridgehead atoms. The lowest BCUT2D eigenvalue weighted by molar-refractivity contribution is -0.137. The Hall–Kier alpha value is -4.61. The molecule has 0 spiro atoms. The number of ether oxygens (including phenoxy) is 1. The normalized spacial score (nSPS) is 11.2. The van der Waals surface area contributed by atoms with E-state index in [0.717, 1.165) is 0 Å². The minimum absolute atomic E-state index is 0.168. The van der Waals surface area contributed by atoms with E-state index >= 15 is 0 Å². The zero-order valence-corrected chi connectivity index (χ0v) is 18.9. The van der Waals surface area contributed by atoms with Crippen LogP contribution in [0.15, 0.2) is 61.1 Å². The standard InChI is InChI=1S/C24H18F4N6O2/c1-13-5-7-15(33-21(35)17-10-14(24(26,27)28)6-8-18(17)25)11-19(13)36-22-16(4-3-9-30-22)20-31-12-32-23(29-2)34-20/h3-12H,1-2H3,(H,33,35)(H,29,31,32,34). The number of rotatable bonds is 6. The molecule has 0 saturated carbocycles. The first-order valence-electron chi connectivity index (χ1n) is 10.4. The second-order valence-corrected chi connectivity index (χ2v) is 7.47. The Morgan fingerprint density at radius 1 is 1.03 bits per heavy atom. The molecule has 2 N–H and O–H groups in total. The van der Waals surface area contributed by atoms with Crippen LogP contribution in [0.2, 0.25) is 0 Å². The molecule has 2 aromatic heterocycles. The van der Waals surface area contributed by atoms with Gasteiger partial charge in [0.1, 0.15) is 17.9 Å². The van der Waals surface area contributed by atoms with Crippen LogP contribution in [-0.2, 0) is 6.18 Å². The molecule has 0 aliphatic carbocycles. The van der Waals surface area contributed by atoms with Crippen molar-refractivity contribution in [1.82, 2.24) is 19.9 Å². The van der Waals surface area contributed by atoms with Crippen LogP contribution in [0, 0.1) is 12.7 Å². The first-order chi connectivity index (χ1) is 17.2. The summed E-state index contributed by atoms with van der Waals surface area (Å²) in [5, 5.41) is 5.22. The van der Waals surface area contributed by atoms with E-state index in [2.05, 4.69) is 30.6 Å². The van der Waals surface area contributed by atoms with Gasteiger partial charge in [-0.15, -0.1) is 0 Å². The third kappa shape index (κ3) is 5.37. The number of hydrogen-bond acceptors (Lipinski definition) is 7. The van der Waals surface area contributed by atoms with Gasteiger partial charge in [0.25, 0.3) is 5.91 Å². The number of nitrogens with one attached hydrogen (secondary N) is 2. The monoisotopic (exact) mass is 498 g/mol. The zero-order chi connectivity index (χ0) is 25.9. The summed E-state index contributed by atoms with van der Waals surface area (Å²) in [5.74, 6) is -1.02. The summed E-state index contributed by atoms with van der Waals surface area (Å²) in [4.78, 5) is 29.2. The smallest absolute Gasteiger partial charge is 0.416 e. The van der Waals surface area contributed by atoms with E-state index in [-0.39, 0.29) is 11.6 Å². The van der Waals surface area contributed by atoms with Gasteiger partial charge in [-0.05, 0) is 48.9 Å². The molecule has 0 unspecified atom stereocenters. The number of nitrogens with zero attached hydrogens (tertiary/aromatic N) is 4. The van der Waals surface area contributed by atoms with E-state index in [0.29, 0.717) is 46.8 Å². The molecule has 36 heavy (non-hydrogen) atoms. The van der Waals surface area contributed by atoms with Crippen LogP contribution in [0.4, 0.5) is 29.2 Å². The van der Waals surface area contributed by atoms with Crippen LogP contribution in [0.5, 0.6) is 11.6 Å². The molecule has 12 heteroatoms. The first-order valence-corrected chi connectivity index (χ1v) is 10.4. The van der Waals surface area contributed by atoms with Crippen LogP contribution < -0.4 is 15.4 Å². The van der Waals surface area contributed by atoms with Gasteiger partial charge in [-0.2, -0.15) is 18.2 Å². The number of carbonyl (C=O) groups excluding carboxylic acids is 1. The Morgan fingerprint density at radius 2 is 1.83 bits per heavy atom. The van der Waals surface area contributed by atoms with Gasteiger partial charge >= 0.3 is 6.18 Å². The summed E-state index contributed by atoms with van der Waals surface area (Å²) in [6, 6.07) is 9.60. The molecule has 4 aromatic rings. The van der Waals surface area contributed by atoms with Crippen molar-refractivity contribution in [2.45, 2.75) is 13.1 Å². The highest BCUT2D eigenvalue weighted by Crippen LogP contribution is 2.33. The minimum Gasteiger partial charge on any atom is -0.438 e. The summed E-state index contributed by atoms with van der Waals surface area (Å²) >= 11 is 0. The molecule has 0 aliphatic heterocycles. The fraction of sp³-hybridized carbons (Fsp3) is 0.125. The van der Waals surface area contributed by atoms with Crippen molar-refractivity contribution in [3.8, 4) is 23.0 Å². The molecule has 8 nitrogen and oxygen atoms in total. The fourth-order valence-electron chi connectivity index (χ4n) is 3.15. The number of alkyl halides is 3. The van der Waals surface area contributed by atoms with Crippen molar-refractivity contribution < 1.29 is 27.1 Å². The second kappa shape index (κ2) is 9.94. The highest BCUT2D eigenvalue weighted by molar-refractivity contribution is 6.04. The lowest BCUT2D eigenvalue weighted by atomic mass is 10.1. The van der Waals surface area contributed by atoms with E-state index in [9.17, 15) is 22.4 Å². The maximum absolute atomic E-state index is 14.1. The summed E-state index contributed by atoms with van der Waals surface area (Å²) in [7, 11) is 1.66. The molecule has 1 amide bonds. The van der Waals surface area contributed by atoms with E-state index < -0.39 is 29.0 Å². The molecule has 0 fully saturated rings. The van der Waals surface area contributed by atoms with Crippen LogP contribution in [0.1, 0.15) is 21.5 Å². The molecule has 0 atom stereocenters. The minimum atomic E-state index is -4.72. The molecule has 2 aromatic carbocycles. The second-order valence-electron chi connectivity index (χ2n) is 7.47. The number of anilines is 2. The van der Waals surface area contributed by atoms with Gasteiger partial charge in [0.05, 0.1) is 16.7 Å². The molecule has 0 saturated heterocycles. The van der Waals surface area contributed by atoms with Crippen LogP contribution in [-0.4, -0.2) is 32.9 Å². The Bertz CT molecular complexity index is 1430. The molecule has 0 aliphatic rings. The average molecular weight is 498 g/mol. The zero-order valence-electron chi connectivity index (χ0n) is 18.9. The molecule has 4 rings (SSSR count). The fourth-order valence-corrected chi connectivity index (χ4v) is 3.15. The van der Waals surface area contributed by atoms with Gasteiger partial charge in [-0.3, -0.25) is 4.79 Å². The maximum atomic E-state index is 14.1. The molecular weight excluding hydrogens is 480 g/mol. The predicted molar refractivity (Wildman–Crippen MR) is 123 cm³/mol. The lowest BCUT2D eigenvalue weighted by Crippen LogP contribution is -2.16. The van der Waals surface area contributed by atoms with Crippen molar-refractivity contribution in [2.75, 3.05) is 17.7 Å². The van der Waals surface area contributed by atoms with E-state index in [4.69, 9.17) is 4.74 Å². The van der Waals surface area contributed by atoms with Crippen LogP contribution in [0.3, 0.4) is 0 Å². The topological polar surface area (TPSA) is 102 Å². The average Bonchev–Trinajstić information content (AvgIpc) is 2.86. The third-order valence-corrected chi connectivity index (χ3v) is 5.00. The largest absolute Gasteiger partial charge is 0.438 e. The van der Waals surface area contributed by atoms with Crippen LogP contribution in [0.25, 0.3) is 11.4 Å². The van der Waals surface area contributed by atoms with Crippen molar-refractivity contribution in [2.24, 2.45) is 0 Å². The van der Waals surface area contributed by atoms with E-state index in [1.54, 1.807) is 32.2 Å². The van der Waals surface area contributed by atoms with Gasteiger partial charge in [0.15, 0.2) is 5.82 Å². The number of carbonyl (C=O) groups is 1. The van der Waals surface area contributed by atoms with Gasteiger partial charge in [0.2, 0.25) is 11.8 Å². The van der Waals surface area contributed by atoms with Gasteiger partial charge in [0, 0.05) is 25.0 Å². The van der Waals surface area contributed by atoms with E-state index in [1.165, 1.54) is 24.7 Å². The predicted octanol–water partition coefficient (Wildman–Crippen LogP) is 5.49. The lowest BCUT2D eigenvalue weighted by Gasteiger charge is -2.14. The van der Waals surface area contributed by atoms with Crippen molar-refractivity contribution in [3.05, 3.63) is 83.6 Å². The highest BCUT2D eigenvalue weighted by atomic mass is 19.4. The van der Waals surface area contributed by atoms with Crippen LogP contribution >= 0.6 is 0 Å². The Balaban J connectivity index is 1.61. The maximum Gasteiger partial charge on any atom is 0.416 e. The van der Waals surface area contributed by atoms with Gasteiger partial charge < -0.3 is 15.4 Å². The quantitative estimate of drug-likeness (QED) is 0.339. The van der Waals surface area contributed by atoms with E-state index in [1.807, 2.05) is 0 Å². The Labute approximate surface area is 202 Å². The molecule has 184 valence electrons. The number of aromatic nitrogens is 4. The number of aryl methyl sites for hydroxylation is 1. The number of amides is 1. The third-order valence-electron chi connectivity index (χ3n) is 5.00. The van der Waals surface area contributed by atoms with Crippen molar-refractivity contribution in [3.63, 3.8) is 0 Å². The highest BCUT2D eigenvalue weighted by Gasteiger charge is 2.32. The SMILES string of the molecule is CNc1ncnc(-c2cccnc2Oc2cc(NC(=O)c3cc(C(F)(F)F)ccc3F)ccc2C)n1. The summed E-state index contributed by atoms with van der Waals surface area (Å²) in [6.07, 6.45) is -1.88. The summed E-state index contributed by atoms with van der Waals surface area (Å²) in [6.45, 7) is 1.75. The number of hydrogen-bond donors (Lipinski definition) is 2. The number of pyridine rings is 1. The van der Waals surface area contributed by atoms with Crippen molar-refractivity contribution in [1.29, 1.82) is 0 Å². The van der Waals surface area contributed by atoms with Gasteiger partial charge in [-0.25, -0.2) is 19.3 Å². The molecule has 0 radical (unpaired) electrons. The van der Waals surface area contributed by atoms with Crippen molar-refractivity contribution >= 4 is 17.5 Å². The Kier molecular flexibility index (Phi) is 6.77. The Morgan fingerprint density at radius 3 is 2.58 bits per heavy atom. The summed E-state index contributed by atoms with van der Waals surface area (Å²) in [5.41, 5.74) is -0.565. The summed E-state index contributed by atoms with van der Waals surface area (Å²) < 4.78 is 59.1.